The summed E-state index contributed by atoms with van der Waals surface area (Å²) in [5.41, 5.74) is 0.341. The van der Waals surface area contributed by atoms with Crippen molar-refractivity contribution in [2.45, 2.75) is 4.84 Å². The molecule has 15 heavy (non-hydrogen) atoms. The Hall–Kier alpha value is -0.930. The van der Waals surface area contributed by atoms with Crippen LogP contribution in [0.3, 0.4) is 0 Å². The normalized spacial score (nSPS) is 10.2. The number of hydrogen-bond donors (Lipinski definition) is 0. The van der Waals surface area contributed by atoms with Crippen molar-refractivity contribution in [1.29, 1.82) is 0 Å². The molecule has 5 heteroatoms. The first-order chi connectivity index (χ1) is 7.10. The average Bonchev–Trinajstić information content (AvgIpc) is 2.27. The van der Waals surface area contributed by atoms with Gasteiger partial charge < -0.3 is 9.47 Å². The smallest absolute Gasteiger partial charge is 0.199 e. The second-order valence-corrected chi connectivity index (χ2v) is 3.83. The maximum atomic E-state index is 11.5. The fourth-order valence-electron chi connectivity index (χ4n) is 1.12. The van der Waals surface area contributed by atoms with E-state index in [1.54, 1.807) is 18.2 Å². The molecular weight excluding hydrogens is 239 g/mol. The number of hydrogen-bond acceptors (Lipinski definition) is 3. The monoisotopic (exact) mass is 248 g/mol. The highest BCUT2D eigenvalue weighted by atomic mass is 35.5. The SMILES string of the molecule is COc1ccc(C(=O)C(Cl)Cl)c(OC)c1. The number of methoxy groups -OCH3 is 2. The van der Waals surface area contributed by atoms with E-state index in [2.05, 4.69) is 0 Å². The number of ether oxygens (including phenoxy) is 2. The Morgan fingerprint density at radius 3 is 2.40 bits per heavy atom. The van der Waals surface area contributed by atoms with E-state index in [9.17, 15) is 4.79 Å². The van der Waals surface area contributed by atoms with Gasteiger partial charge in [-0.1, -0.05) is 23.2 Å². The van der Waals surface area contributed by atoms with E-state index in [-0.39, 0.29) is 0 Å². The van der Waals surface area contributed by atoms with Gasteiger partial charge in [-0.2, -0.15) is 0 Å². The van der Waals surface area contributed by atoms with Crippen LogP contribution in [0.15, 0.2) is 18.2 Å². The third-order valence-electron chi connectivity index (χ3n) is 1.87. The topological polar surface area (TPSA) is 35.5 Å². The highest BCUT2D eigenvalue weighted by Crippen LogP contribution is 2.27. The van der Waals surface area contributed by atoms with Crippen LogP contribution in [0.25, 0.3) is 0 Å². The molecular formula is C10H10Cl2O3. The minimum absolute atomic E-state index is 0.341. The molecule has 0 radical (unpaired) electrons. The lowest BCUT2D eigenvalue weighted by Crippen LogP contribution is -2.09. The summed E-state index contributed by atoms with van der Waals surface area (Å²) in [7, 11) is 2.99. The average molecular weight is 249 g/mol. The predicted molar refractivity (Wildman–Crippen MR) is 59.4 cm³/mol. The summed E-state index contributed by atoms with van der Waals surface area (Å²) in [5.74, 6) is 0.604. The minimum Gasteiger partial charge on any atom is -0.497 e. The van der Waals surface area contributed by atoms with Crippen LogP contribution in [0.1, 0.15) is 10.4 Å². The Labute approximate surface area is 97.9 Å². The molecule has 1 aromatic rings. The lowest BCUT2D eigenvalue weighted by atomic mass is 10.1. The second-order valence-electron chi connectivity index (χ2n) is 2.73. The molecule has 0 N–H and O–H groups in total. The summed E-state index contributed by atoms with van der Waals surface area (Å²) < 4.78 is 10.0. The third kappa shape index (κ3) is 2.76. The van der Waals surface area contributed by atoms with E-state index in [0.29, 0.717) is 17.1 Å². The van der Waals surface area contributed by atoms with E-state index in [1.807, 2.05) is 0 Å². The fourth-order valence-corrected chi connectivity index (χ4v) is 1.35. The van der Waals surface area contributed by atoms with E-state index < -0.39 is 10.6 Å². The number of alkyl halides is 2. The standard InChI is InChI=1S/C10H10Cl2O3/c1-14-6-3-4-7(8(5-6)15-2)9(13)10(11)12/h3-5,10H,1-2H3. The van der Waals surface area contributed by atoms with Crippen molar-refractivity contribution in [3.8, 4) is 11.5 Å². The van der Waals surface area contributed by atoms with Crippen LogP contribution in [0.4, 0.5) is 0 Å². The Balaban J connectivity index is 3.13. The van der Waals surface area contributed by atoms with Crippen LogP contribution < -0.4 is 9.47 Å². The first kappa shape index (κ1) is 12.1. The van der Waals surface area contributed by atoms with E-state index in [0.717, 1.165) is 0 Å². The van der Waals surface area contributed by atoms with Gasteiger partial charge in [-0.05, 0) is 12.1 Å². The van der Waals surface area contributed by atoms with Gasteiger partial charge in [-0.25, -0.2) is 0 Å². The van der Waals surface area contributed by atoms with Crippen LogP contribution >= 0.6 is 23.2 Å². The minimum atomic E-state index is -1.09. The molecule has 0 saturated heterocycles. The lowest BCUT2D eigenvalue weighted by molar-refractivity contribution is 0.100. The third-order valence-corrected chi connectivity index (χ3v) is 2.27. The molecule has 1 rings (SSSR count). The number of carbonyl (C=O) groups excluding carboxylic acids is 1. The fraction of sp³-hybridized carbons (Fsp3) is 0.300. The summed E-state index contributed by atoms with van der Waals surface area (Å²) in [6.07, 6.45) is 0. The number of benzene rings is 1. The zero-order valence-electron chi connectivity index (χ0n) is 8.29. The van der Waals surface area contributed by atoms with E-state index >= 15 is 0 Å². The predicted octanol–water partition coefficient (Wildman–Crippen LogP) is 2.69. The maximum absolute atomic E-state index is 11.5. The van der Waals surface area contributed by atoms with Gasteiger partial charge in [0.1, 0.15) is 11.5 Å². The van der Waals surface area contributed by atoms with Crippen LogP contribution in [-0.4, -0.2) is 24.8 Å². The molecule has 0 aliphatic heterocycles. The van der Waals surface area contributed by atoms with Gasteiger partial charge in [0.05, 0.1) is 19.8 Å². The zero-order chi connectivity index (χ0) is 11.4. The van der Waals surface area contributed by atoms with Gasteiger partial charge in [0.2, 0.25) is 0 Å². The van der Waals surface area contributed by atoms with Crippen molar-refractivity contribution >= 4 is 29.0 Å². The molecule has 0 fully saturated rings. The van der Waals surface area contributed by atoms with Crippen LogP contribution in [0.5, 0.6) is 11.5 Å². The molecule has 0 unspecified atom stereocenters. The molecule has 0 atom stereocenters. The zero-order valence-corrected chi connectivity index (χ0v) is 9.80. The highest BCUT2D eigenvalue weighted by molar-refractivity contribution is 6.55. The van der Waals surface area contributed by atoms with Crippen molar-refractivity contribution in [2.75, 3.05) is 14.2 Å². The number of ketones is 1. The summed E-state index contributed by atoms with van der Waals surface area (Å²) in [4.78, 5) is 10.4. The summed E-state index contributed by atoms with van der Waals surface area (Å²) >= 11 is 11.0. The first-order valence-corrected chi connectivity index (χ1v) is 5.01. The summed E-state index contributed by atoms with van der Waals surface area (Å²) in [6, 6.07) is 4.81. The molecule has 0 saturated carbocycles. The van der Waals surface area contributed by atoms with Crippen molar-refractivity contribution in [3.05, 3.63) is 23.8 Å². The molecule has 0 heterocycles. The van der Waals surface area contributed by atoms with Crippen LogP contribution in [-0.2, 0) is 0 Å². The molecule has 0 amide bonds. The summed E-state index contributed by atoms with van der Waals surface area (Å²) in [6.45, 7) is 0. The van der Waals surface area contributed by atoms with Gasteiger partial charge in [0.15, 0.2) is 10.6 Å². The highest BCUT2D eigenvalue weighted by Gasteiger charge is 2.19. The molecule has 0 aliphatic rings. The van der Waals surface area contributed by atoms with E-state index in [4.69, 9.17) is 32.7 Å². The number of halogens is 2. The van der Waals surface area contributed by atoms with Gasteiger partial charge >= 0.3 is 0 Å². The van der Waals surface area contributed by atoms with Crippen molar-refractivity contribution in [3.63, 3.8) is 0 Å². The number of rotatable bonds is 4. The first-order valence-electron chi connectivity index (χ1n) is 4.14. The molecule has 0 spiro atoms. The van der Waals surface area contributed by atoms with Gasteiger partial charge in [0.25, 0.3) is 0 Å². The van der Waals surface area contributed by atoms with Crippen molar-refractivity contribution < 1.29 is 14.3 Å². The number of Topliss-reactive ketones (excluding diaryl/α,β-unsaturated/α-hetero) is 1. The Kier molecular flexibility index (Phi) is 4.24. The van der Waals surface area contributed by atoms with Crippen molar-refractivity contribution in [1.82, 2.24) is 0 Å². The Bertz CT molecular complexity index is 364. The van der Waals surface area contributed by atoms with E-state index in [1.165, 1.54) is 14.2 Å². The largest absolute Gasteiger partial charge is 0.497 e. The second kappa shape index (κ2) is 5.24. The van der Waals surface area contributed by atoms with Crippen LogP contribution in [0.2, 0.25) is 0 Å². The quantitative estimate of drug-likeness (QED) is 0.607. The van der Waals surface area contributed by atoms with Crippen LogP contribution in [0, 0.1) is 0 Å². The molecule has 0 aromatic heterocycles. The van der Waals surface area contributed by atoms with Gasteiger partial charge in [-0.3, -0.25) is 4.79 Å². The molecule has 0 aliphatic carbocycles. The molecule has 0 bridgehead atoms. The van der Waals surface area contributed by atoms with Crippen molar-refractivity contribution in [2.24, 2.45) is 0 Å². The lowest BCUT2D eigenvalue weighted by Gasteiger charge is -2.09. The van der Waals surface area contributed by atoms with Gasteiger partial charge in [0, 0.05) is 6.07 Å². The molecule has 1 aromatic carbocycles. The summed E-state index contributed by atoms with van der Waals surface area (Å²) in [5, 5.41) is 0. The molecule has 82 valence electrons. The Morgan fingerprint density at radius 1 is 1.27 bits per heavy atom. The van der Waals surface area contributed by atoms with Gasteiger partial charge in [-0.15, -0.1) is 0 Å². The number of carbonyl (C=O) groups is 1. The Morgan fingerprint density at radius 2 is 1.93 bits per heavy atom. The maximum Gasteiger partial charge on any atom is 0.199 e. The molecule has 3 nitrogen and oxygen atoms in total.